The Morgan fingerprint density at radius 1 is 1.00 bits per heavy atom. The second kappa shape index (κ2) is 6.96. The number of hydrogen-bond acceptors (Lipinski definition) is 5. The van der Waals surface area contributed by atoms with E-state index in [2.05, 4.69) is 0 Å². The molecule has 1 fully saturated rings. The van der Waals surface area contributed by atoms with Gasteiger partial charge in [-0.3, -0.25) is 14.5 Å². The van der Waals surface area contributed by atoms with Crippen molar-refractivity contribution >= 4 is 23.5 Å². The van der Waals surface area contributed by atoms with Gasteiger partial charge in [-0.2, -0.15) is 0 Å². The smallest absolute Gasteiger partial charge is 0.338 e. The van der Waals surface area contributed by atoms with Crippen LogP contribution >= 0.6 is 0 Å². The third-order valence-electron chi connectivity index (χ3n) is 4.18. The summed E-state index contributed by atoms with van der Waals surface area (Å²) in [5, 5.41) is 0. The monoisotopic (exact) mass is 344 g/mol. The van der Waals surface area contributed by atoms with Crippen molar-refractivity contribution in [2.24, 2.45) is 11.5 Å². The Morgan fingerprint density at radius 3 is 2.04 bits per heavy atom. The van der Waals surface area contributed by atoms with Gasteiger partial charge < -0.3 is 11.5 Å². The lowest BCUT2D eigenvalue weighted by Gasteiger charge is -2.35. The van der Waals surface area contributed by atoms with Crippen molar-refractivity contribution in [2.75, 3.05) is 11.4 Å². The van der Waals surface area contributed by atoms with Crippen LogP contribution in [0.1, 0.15) is 36.5 Å². The van der Waals surface area contributed by atoms with E-state index in [1.165, 1.54) is 0 Å². The number of nitrogens with two attached hydrogens (primary N) is 2. The maximum absolute atomic E-state index is 12.9. The molecule has 1 aromatic rings. The Hall–Kier alpha value is -2.83. The summed E-state index contributed by atoms with van der Waals surface area (Å²) in [5.41, 5.74) is 13.8. The Bertz CT molecular complexity index is 756. The molecule has 0 aliphatic carbocycles. The van der Waals surface area contributed by atoms with Gasteiger partial charge in [0.2, 0.25) is 0 Å². The fraction of sp³-hybridized carbons (Fsp3) is 0.389. The number of carbonyl (C=O) groups is 3. The van der Waals surface area contributed by atoms with Crippen molar-refractivity contribution in [3.05, 3.63) is 40.2 Å². The molecule has 0 unspecified atom stereocenters. The van der Waals surface area contributed by atoms with Crippen molar-refractivity contribution in [1.82, 2.24) is 4.90 Å². The van der Waals surface area contributed by atoms with Gasteiger partial charge in [0.1, 0.15) is 11.4 Å². The first-order chi connectivity index (χ1) is 11.7. The molecular formula is C18H24N4O3. The molecule has 2 rings (SSSR count). The first-order valence-corrected chi connectivity index (χ1v) is 8.24. The molecule has 1 heterocycles. The Morgan fingerprint density at radius 2 is 1.56 bits per heavy atom. The van der Waals surface area contributed by atoms with Crippen molar-refractivity contribution in [3.8, 4) is 0 Å². The zero-order valence-corrected chi connectivity index (χ0v) is 15.0. The lowest BCUT2D eigenvalue weighted by atomic mass is 10.0. The van der Waals surface area contributed by atoms with Crippen LogP contribution in [0.25, 0.3) is 0 Å². The van der Waals surface area contributed by atoms with Gasteiger partial charge in [-0.05, 0) is 38.3 Å². The van der Waals surface area contributed by atoms with Crippen LogP contribution in [0, 0.1) is 20.8 Å². The summed E-state index contributed by atoms with van der Waals surface area (Å²) >= 11 is 0. The first kappa shape index (κ1) is 18.5. The number of benzene rings is 1. The topological polar surface area (TPSA) is 110 Å². The van der Waals surface area contributed by atoms with Gasteiger partial charge in [-0.1, -0.05) is 31.0 Å². The first-order valence-electron chi connectivity index (χ1n) is 8.24. The normalized spacial score (nSPS) is 15.2. The van der Waals surface area contributed by atoms with Crippen molar-refractivity contribution in [2.45, 2.75) is 40.5 Å². The second-order valence-electron chi connectivity index (χ2n) is 6.31. The number of anilines is 1. The van der Waals surface area contributed by atoms with Gasteiger partial charge in [-0.25, -0.2) is 9.69 Å². The van der Waals surface area contributed by atoms with E-state index in [0.717, 1.165) is 32.9 Å². The Balaban J connectivity index is 2.64. The molecule has 4 N–H and O–H groups in total. The average molecular weight is 344 g/mol. The lowest BCUT2D eigenvalue weighted by molar-refractivity contribution is -0.129. The van der Waals surface area contributed by atoms with Crippen molar-refractivity contribution in [1.29, 1.82) is 0 Å². The third kappa shape index (κ3) is 3.22. The SMILES string of the molecule is CCCCN1C(=O)C(=C(N)N)C(=O)N(c2c(C)cc(C)cc2C)C1=O. The minimum absolute atomic E-state index is 0.207. The Kier molecular flexibility index (Phi) is 5.15. The second-order valence-corrected chi connectivity index (χ2v) is 6.31. The average Bonchev–Trinajstić information content (AvgIpc) is 2.49. The van der Waals surface area contributed by atoms with Gasteiger partial charge in [0.05, 0.1) is 5.69 Å². The number of urea groups is 1. The van der Waals surface area contributed by atoms with Gasteiger partial charge >= 0.3 is 6.03 Å². The van der Waals surface area contributed by atoms with E-state index in [-0.39, 0.29) is 17.9 Å². The van der Waals surface area contributed by atoms with Crippen molar-refractivity contribution in [3.63, 3.8) is 0 Å². The predicted octanol–water partition coefficient (Wildman–Crippen LogP) is 1.84. The number of carbonyl (C=O) groups excluding carboxylic acids is 3. The summed E-state index contributed by atoms with van der Waals surface area (Å²) in [7, 11) is 0. The van der Waals surface area contributed by atoms with Crippen LogP contribution in [-0.2, 0) is 9.59 Å². The molecule has 134 valence electrons. The molecule has 0 spiro atoms. The molecule has 1 saturated heterocycles. The largest absolute Gasteiger partial charge is 0.385 e. The molecule has 0 aromatic heterocycles. The van der Waals surface area contributed by atoms with Gasteiger partial charge in [0.15, 0.2) is 0 Å². The Labute approximate surface area is 147 Å². The number of hydrogen-bond donors (Lipinski definition) is 2. The standard InChI is InChI=1S/C18H24N4O3/c1-5-6-7-21-16(23)13(15(19)20)17(24)22(18(21)25)14-11(3)8-10(2)9-12(14)4/h8-9H,5-7,19-20H2,1-4H3. The highest BCUT2D eigenvalue weighted by molar-refractivity contribution is 6.38. The van der Waals surface area contributed by atoms with E-state index in [1.54, 1.807) is 0 Å². The number of aryl methyl sites for hydroxylation is 3. The number of barbiturate groups is 1. The van der Waals surface area contributed by atoms with Gasteiger partial charge in [0, 0.05) is 6.54 Å². The maximum atomic E-state index is 12.9. The van der Waals surface area contributed by atoms with Crippen LogP contribution in [0.15, 0.2) is 23.5 Å². The summed E-state index contributed by atoms with van der Waals surface area (Å²) in [6, 6.07) is 3.10. The van der Waals surface area contributed by atoms with Crippen molar-refractivity contribution < 1.29 is 14.4 Å². The number of rotatable bonds is 4. The molecule has 4 amide bonds. The molecule has 7 heteroatoms. The van der Waals surface area contributed by atoms with E-state index in [0.29, 0.717) is 12.1 Å². The summed E-state index contributed by atoms with van der Waals surface area (Å²) in [6.07, 6.45) is 1.42. The summed E-state index contributed by atoms with van der Waals surface area (Å²) in [5.74, 6) is -1.89. The predicted molar refractivity (Wildman–Crippen MR) is 95.6 cm³/mol. The number of imide groups is 2. The minimum atomic E-state index is -0.780. The van der Waals surface area contributed by atoms with E-state index < -0.39 is 17.8 Å². The third-order valence-corrected chi connectivity index (χ3v) is 4.18. The number of amides is 4. The zero-order valence-electron chi connectivity index (χ0n) is 15.0. The highest BCUT2D eigenvalue weighted by atomic mass is 16.2. The van der Waals surface area contributed by atoms with E-state index in [1.807, 2.05) is 39.8 Å². The van der Waals surface area contributed by atoms with Gasteiger partial charge in [-0.15, -0.1) is 0 Å². The fourth-order valence-corrected chi connectivity index (χ4v) is 3.12. The molecule has 0 radical (unpaired) electrons. The lowest BCUT2D eigenvalue weighted by Crippen LogP contribution is -2.58. The van der Waals surface area contributed by atoms with Crippen LogP contribution < -0.4 is 16.4 Å². The van der Waals surface area contributed by atoms with Gasteiger partial charge in [0.25, 0.3) is 11.8 Å². The zero-order chi connectivity index (χ0) is 18.9. The quantitative estimate of drug-likeness (QED) is 0.640. The molecule has 0 atom stereocenters. The molecule has 0 bridgehead atoms. The minimum Gasteiger partial charge on any atom is -0.385 e. The van der Waals surface area contributed by atoms with Crippen LogP contribution in [0.3, 0.4) is 0 Å². The van der Waals surface area contributed by atoms with Crippen LogP contribution in [-0.4, -0.2) is 29.3 Å². The molecule has 25 heavy (non-hydrogen) atoms. The fourth-order valence-electron chi connectivity index (χ4n) is 3.12. The molecule has 1 aliphatic rings. The van der Waals surface area contributed by atoms with Crippen LogP contribution in [0.2, 0.25) is 0 Å². The molecule has 0 saturated carbocycles. The van der Waals surface area contributed by atoms with E-state index in [9.17, 15) is 14.4 Å². The molecule has 1 aromatic carbocycles. The number of unbranched alkanes of at least 4 members (excludes halogenated alkanes) is 1. The molecule has 7 nitrogen and oxygen atoms in total. The highest BCUT2D eigenvalue weighted by Crippen LogP contribution is 2.31. The van der Waals surface area contributed by atoms with E-state index >= 15 is 0 Å². The number of nitrogens with zero attached hydrogens (tertiary/aromatic N) is 2. The van der Waals surface area contributed by atoms with Crippen LogP contribution in [0.5, 0.6) is 0 Å². The summed E-state index contributed by atoms with van der Waals surface area (Å²) < 4.78 is 0. The summed E-state index contributed by atoms with van der Waals surface area (Å²) in [4.78, 5) is 40.3. The summed E-state index contributed by atoms with van der Waals surface area (Å²) in [6.45, 7) is 7.72. The molecule has 1 aliphatic heterocycles. The highest BCUT2D eigenvalue weighted by Gasteiger charge is 2.44. The van der Waals surface area contributed by atoms with Crippen LogP contribution in [0.4, 0.5) is 10.5 Å². The van der Waals surface area contributed by atoms with E-state index in [4.69, 9.17) is 11.5 Å². The maximum Gasteiger partial charge on any atom is 0.338 e. The molecular weight excluding hydrogens is 320 g/mol.